The maximum absolute atomic E-state index is 12.5. The molecule has 30 heavy (non-hydrogen) atoms. The molecule has 0 amide bonds. The molecule has 1 aromatic carbocycles. The van der Waals surface area contributed by atoms with E-state index in [1.165, 1.54) is 18.9 Å². The quantitative estimate of drug-likeness (QED) is 0.357. The number of ether oxygens (including phenoxy) is 3. The van der Waals surface area contributed by atoms with Crippen molar-refractivity contribution < 1.29 is 19.0 Å². The number of carbonyl (C=O) groups is 1. The molecule has 2 aromatic rings. The van der Waals surface area contributed by atoms with E-state index in [0.29, 0.717) is 17.9 Å². The van der Waals surface area contributed by atoms with E-state index >= 15 is 0 Å². The second-order valence-corrected chi connectivity index (χ2v) is 8.26. The average molecular weight is 408 g/mol. The Kier molecular flexibility index (Phi) is 5.58. The molecular weight excluding hydrogens is 379 g/mol. The van der Waals surface area contributed by atoms with E-state index in [-0.39, 0.29) is 11.9 Å². The predicted molar refractivity (Wildman–Crippen MR) is 117 cm³/mol. The molecule has 0 aliphatic carbocycles. The molecule has 4 rings (SSSR count). The highest BCUT2D eigenvalue weighted by atomic mass is 16.5. The Bertz CT molecular complexity index is 985. The van der Waals surface area contributed by atoms with Crippen LogP contribution in [0, 0.1) is 11.8 Å². The number of aromatic amines is 1. The Morgan fingerprint density at radius 1 is 1.37 bits per heavy atom. The molecule has 7 heteroatoms. The monoisotopic (exact) mass is 408 g/mol. The van der Waals surface area contributed by atoms with Gasteiger partial charge in [0.2, 0.25) is 0 Å². The van der Waals surface area contributed by atoms with E-state index in [1.54, 1.807) is 14.2 Å². The van der Waals surface area contributed by atoms with Crippen molar-refractivity contribution >= 4 is 24.7 Å². The van der Waals surface area contributed by atoms with Crippen LogP contribution in [0.25, 0.3) is 10.9 Å². The van der Waals surface area contributed by atoms with Gasteiger partial charge in [-0.1, -0.05) is 19.4 Å². The Balaban J connectivity index is 1.82. The summed E-state index contributed by atoms with van der Waals surface area (Å²) >= 11 is 0. The Hall–Kier alpha value is -2.41. The molecule has 6 nitrogen and oxygen atoms in total. The standard InChI is InChI=1S/C23H29BN2O4/c1-5-14-12-26-10-9-15-20-18(7-6-8-19(20)29-3)25-21(15)23(26,24)11-16(14)17(13-28-2)22(27)30-4/h6-8,13-14,16,25H,5,9-12H2,1-4H3/b17-13+/t14?,16-,23?/m0/s1. The number of hydrogen-bond donors (Lipinski definition) is 1. The first-order chi connectivity index (χ1) is 14.5. The first-order valence-corrected chi connectivity index (χ1v) is 10.5. The first kappa shape index (κ1) is 20.9. The molecule has 3 atom stereocenters. The van der Waals surface area contributed by atoms with Crippen molar-refractivity contribution in [2.75, 3.05) is 34.4 Å². The zero-order valence-electron chi connectivity index (χ0n) is 18.2. The summed E-state index contributed by atoms with van der Waals surface area (Å²) in [7, 11) is 11.8. The molecule has 3 heterocycles. The third kappa shape index (κ3) is 3.11. The summed E-state index contributed by atoms with van der Waals surface area (Å²) in [4.78, 5) is 18.5. The number of hydrogen-bond acceptors (Lipinski definition) is 5. The van der Waals surface area contributed by atoms with Crippen LogP contribution in [0.3, 0.4) is 0 Å². The van der Waals surface area contributed by atoms with Gasteiger partial charge >= 0.3 is 5.97 Å². The van der Waals surface area contributed by atoms with Crippen LogP contribution in [-0.2, 0) is 26.1 Å². The normalized spacial score (nSPS) is 26.7. The molecule has 158 valence electrons. The minimum Gasteiger partial charge on any atom is -0.504 e. The van der Waals surface area contributed by atoms with Crippen LogP contribution in [0.4, 0.5) is 0 Å². The second kappa shape index (κ2) is 8.02. The van der Waals surface area contributed by atoms with E-state index in [9.17, 15) is 4.79 Å². The predicted octanol–water partition coefficient (Wildman–Crippen LogP) is 3.11. The minimum absolute atomic E-state index is 0.0529. The fourth-order valence-corrected chi connectivity index (χ4v) is 5.38. The summed E-state index contributed by atoms with van der Waals surface area (Å²) in [5.74, 6) is 0.743. The first-order valence-electron chi connectivity index (χ1n) is 10.5. The van der Waals surface area contributed by atoms with E-state index in [1.807, 2.05) is 12.1 Å². The lowest BCUT2D eigenvalue weighted by Crippen LogP contribution is -2.58. The van der Waals surface area contributed by atoms with Gasteiger partial charge in [-0.3, -0.25) is 4.90 Å². The van der Waals surface area contributed by atoms with Crippen LogP contribution in [-0.4, -0.2) is 58.1 Å². The summed E-state index contributed by atoms with van der Waals surface area (Å²) in [6.45, 7) is 3.85. The van der Waals surface area contributed by atoms with Crippen molar-refractivity contribution in [1.82, 2.24) is 9.88 Å². The molecule has 1 N–H and O–H groups in total. The van der Waals surface area contributed by atoms with Gasteiger partial charge in [0.1, 0.15) is 13.6 Å². The number of benzene rings is 1. The molecule has 2 unspecified atom stereocenters. The van der Waals surface area contributed by atoms with Gasteiger partial charge in [0.15, 0.2) is 0 Å². The number of esters is 1. The number of nitrogens with zero attached hydrogens (tertiary/aromatic N) is 1. The molecule has 2 aliphatic rings. The van der Waals surface area contributed by atoms with Crippen molar-refractivity contribution in [3.63, 3.8) is 0 Å². The summed E-state index contributed by atoms with van der Waals surface area (Å²) in [6.07, 6.45) is 3.99. The summed E-state index contributed by atoms with van der Waals surface area (Å²) in [5.41, 5.74) is 3.12. The fraction of sp³-hybridized carbons (Fsp3) is 0.522. The number of fused-ring (bicyclic) bond motifs is 5. The van der Waals surface area contributed by atoms with Crippen molar-refractivity contribution in [2.45, 2.75) is 31.6 Å². The lowest BCUT2D eigenvalue weighted by molar-refractivity contribution is -0.137. The van der Waals surface area contributed by atoms with Gasteiger partial charge < -0.3 is 19.2 Å². The van der Waals surface area contributed by atoms with E-state index < -0.39 is 5.44 Å². The maximum atomic E-state index is 12.5. The lowest BCUT2D eigenvalue weighted by Gasteiger charge is -2.54. The molecular formula is C23H29BN2O4. The van der Waals surface area contributed by atoms with Gasteiger partial charge in [0, 0.05) is 35.1 Å². The number of piperidine rings is 1. The van der Waals surface area contributed by atoms with Crippen LogP contribution in [0.2, 0.25) is 0 Å². The van der Waals surface area contributed by atoms with E-state index in [2.05, 4.69) is 22.9 Å². The highest BCUT2D eigenvalue weighted by Crippen LogP contribution is 2.49. The van der Waals surface area contributed by atoms with Gasteiger partial charge in [-0.15, -0.1) is 0 Å². The molecule has 2 radical (unpaired) electrons. The highest BCUT2D eigenvalue weighted by molar-refractivity contribution is 6.16. The molecule has 0 saturated carbocycles. The Labute approximate surface area is 179 Å². The Morgan fingerprint density at radius 2 is 2.17 bits per heavy atom. The van der Waals surface area contributed by atoms with Crippen LogP contribution in [0.5, 0.6) is 5.75 Å². The third-order valence-electron chi connectivity index (χ3n) is 6.88. The lowest BCUT2D eigenvalue weighted by atomic mass is 9.59. The molecule has 2 aliphatic heterocycles. The van der Waals surface area contributed by atoms with E-state index in [4.69, 9.17) is 22.1 Å². The molecule has 0 bridgehead atoms. The highest BCUT2D eigenvalue weighted by Gasteiger charge is 2.49. The molecule has 1 saturated heterocycles. The van der Waals surface area contributed by atoms with Gasteiger partial charge in [-0.25, -0.2) is 4.79 Å². The number of rotatable bonds is 5. The van der Waals surface area contributed by atoms with Crippen molar-refractivity contribution in [3.05, 3.63) is 41.3 Å². The van der Waals surface area contributed by atoms with E-state index in [0.717, 1.165) is 48.3 Å². The average Bonchev–Trinajstić information content (AvgIpc) is 3.16. The van der Waals surface area contributed by atoms with Crippen molar-refractivity contribution in [1.29, 1.82) is 0 Å². The number of aromatic nitrogens is 1. The van der Waals surface area contributed by atoms with Gasteiger partial charge in [0.25, 0.3) is 0 Å². The molecule has 1 fully saturated rings. The molecule has 1 aromatic heterocycles. The zero-order chi connectivity index (χ0) is 21.5. The fourth-order valence-electron chi connectivity index (χ4n) is 5.38. The van der Waals surface area contributed by atoms with Crippen LogP contribution < -0.4 is 4.74 Å². The van der Waals surface area contributed by atoms with Gasteiger partial charge in [-0.2, -0.15) is 0 Å². The topological polar surface area (TPSA) is 63.8 Å². The van der Waals surface area contributed by atoms with Gasteiger partial charge in [0.05, 0.1) is 33.2 Å². The SMILES string of the molecule is [B]C12C[C@H](/C(=C\OC)C(=O)OC)C(CC)CN1CCc1c2[nH]c2cccc(OC)c12. The number of nitrogens with one attached hydrogen (secondary N) is 1. The van der Waals surface area contributed by atoms with Crippen molar-refractivity contribution in [3.8, 4) is 5.75 Å². The summed E-state index contributed by atoms with van der Waals surface area (Å²) in [5, 5.41) is 1.11. The molecule has 0 spiro atoms. The zero-order valence-corrected chi connectivity index (χ0v) is 18.2. The summed E-state index contributed by atoms with van der Waals surface area (Å²) < 4.78 is 15.9. The third-order valence-corrected chi connectivity index (χ3v) is 6.88. The van der Waals surface area contributed by atoms with Crippen molar-refractivity contribution in [2.24, 2.45) is 11.8 Å². The number of methoxy groups -OCH3 is 3. The van der Waals surface area contributed by atoms with Crippen LogP contribution in [0.15, 0.2) is 30.0 Å². The van der Waals surface area contributed by atoms with Gasteiger partial charge in [-0.05, 0) is 42.4 Å². The largest absolute Gasteiger partial charge is 0.504 e. The minimum atomic E-state index is -0.700. The second-order valence-electron chi connectivity index (χ2n) is 8.26. The number of H-pyrrole nitrogens is 1. The summed E-state index contributed by atoms with van der Waals surface area (Å²) in [6, 6.07) is 6.03. The number of carbonyl (C=O) groups excluding carboxylic acids is 1. The Morgan fingerprint density at radius 3 is 2.83 bits per heavy atom. The maximum Gasteiger partial charge on any atom is 0.337 e. The smallest absolute Gasteiger partial charge is 0.337 e. The van der Waals surface area contributed by atoms with Crippen LogP contribution >= 0.6 is 0 Å². The van der Waals surface area contributed by atoms with Crippen LogP contribution in [0.1, 0.15) is 31.0 Å².